The summed E-state index contributed by atoms with van der Waals surface area (Å²) in [4.78, 5) is 23.4. The van der Waals surface area contributed by atoms with Crippen LogP contribution in [0.15, 0.2) is 16.7 Å². The highest BCUT2D eigenvalue weighted by Crippen LogP contribution is 2.29. The summed E-state index contributed by atoms with van der Waals surface area (Å²) >= 11 is 3.35. The standard InChI is InChI=1S/C13H19BrN3O2/c1-9-4-10(2)8-16(7-9)13-6-11(17(18)19-3)5-12(14)15-13/h5-6,9-10H,4,7-8H2,1-3H3/q+1/t9-,10+. The van der Waals surface area contributed by atoms with Gasteiger partial charge in [0, 0.05) is 13.1 Å². The van der Waals surface area contributed by atoms with Crippen LogP contribution in [-0.2, 0) is 4.84 Å². The van der Waals surface area contributed by atoms with E-state index in [0.29, 0.717) is 27.0 Å². The van der Waals surface area contributed by atoms with Gasteiger partial charge in [-0.25, -0.2) is 9.82 Å². The molecule has 104 valence electrons. The summed E-state index contributed by atoms with van der Waals surface area (Å²) in [5.41, 5.74) is 0.449. The lowest BCUT2D eigenvalue weighted by atomic mass is 9.92. The topological polar surface area (TPSA) is 45.4 Å². The van der Waals surface area contributed by atoms with Crippen molar-refractivity contribution in [2.75, 3.05) is 25.1 Å². The maximum Gasteiger partial charge on any atom is 0.323 e. The van der Waals surface area contributed by atoms with Crippen LogP contribution >= 0.6 is 15.9 Å². The van der Waals surface area contributed by atoms with Crippen LogP contribution in [0.1, 0.15) is 20.3 Å². The molecule has 1 aliphatic heterocycles. The minimum Gasteiger partial charge on any atom is -0.356 e. The van der Waals surface area contributed by atoms with Gasteiger partial charge in [-0.2, -0.15) is 0 Å². The zero-order valence-corrected chi connectivity index (χ0v) is 13.1. The summed E-state index contributed by atoms with van der Waals surface area (Å²) in [6, 6.07) is 3.42. The Bertz CT molecular complexity index is 471. The first-order chi connectivity index (χ1) is 8.99. The first-order valence-corrected chi connectivity index (χ1v) is 7.22. The van der Waals surface area contributed by atoms with Gasteiger partial charge in [-0.3, -0.25) is 0 Å². The monoisotopic (exact) mass is 328 g/mol. The van der Waals surface area contributed by atoms with Gasteiger partial charge in [-0.05, 0) is 34.2 Å². The van der Waals surface area contributed by atoms with E-state index in [2.05, 4.69) is 44.5 Å². The Morgan fingerprint density at radius 3 is 2.58 bits per heavy atom. The van der Waals surface area contributed by atoms with Gasteiger partial charge in [-0.1, -0.05) is 13.8 Å². The molecule has 2 atom stereocenters. The van der Waals surface area contributed by atoms with E-state index in [1.54, 1.807) is 12.1 Å². The molecule has 5 nitrogen and oxygen atoms in total. The van der Waals surface area contributed by atoms with Gasteiger partial charge in [0.25, 0.3) is 4.92 Å². The molecule has 2 heterocycles. The van der Waals surface area contributed by atoms with Crippen molar-refractivity contribution in [2.45, 2.75) is 20.3 Å². The second-order valence-electron chi connectivity index (χ2n) is 5.30. The van der Waals surface area contributed by atoms with Gasteiger partial charge >= 0.3 is 5.69 Å². The Kier molecular flexibility index (Phi) is 4.39. The number of nitrogens with zero attached hydrogens (tertiary/aromatic N) is 3. The normalized spacial score (nSPS) is 23.3. The molecule has 2 rings (SSSR count). The summed E-state index contributed by atoms with van der Waals surface area (Å²) in [5.74, 6) is 2.10. The minimum absolute atomic E-state index is 0.449. The van der Waals surface area contributed by atoms with Crippen LogP contribution in [0.25, 0.3) is 0 Å². The van der Waals surface area contributed by atoms with Crippen LogP contribution < -0.4 is 4.90 Å². The number of hydrogen-bond donors (Lipinski definition) is 0. The average molecular weight is 329 g/mol. The third-order valence-corrected chi connectivity index (χ3v) is 3.74. The maximum atomic E-state index is 11.6. The molecule has 0 amide bonds. The Morgan fingerprint density at radius 2 is 2.00 bits per heavy atom. The van der Waals surface area contributed by atoms with Gasteiger partial charge in [0.2, 0.25) is 0 Å². The van der Waals surface area contributed by atoms with Gasteiger partial charge in [0.05, 0.1) is 17.0 Å². The molecule has 0 unspecified atom stereocenters. The maximum absolute atomic E-state index is 11.6. The van der Waals surface area contributed by atoms with E-state index in [1.165, 1.54) is 13.5 Å². The van der Waals surface area contributed by atoms with Crippen molar-refractivity contribution in [3.63, 3.8) is 0 Å². The lowest BCUT2D eigenvalue weighted by Gasteiger charge is -2.35. The fraction of sp³-hybridized carbons (Fsp3) is 0.615. The molecular weight excluding hydrogens is 310 g/mol. The largest absolute Gasteiger partial charge is 0.356 e. The smallest absolute Gasteiger partial charge is 0.323 e. The molecule has 0 radical (unpaired) electrons. The van der Waals surface area contributed by atoms with Crippen molar-refractivity contribution in [2.24, 2.45) is 11.8 Å². The summed E-state index contributed by atoms with van der Waals surface area (Å²) in [7, 11) is 1.35. The van der Waals surface area contributed by atoms with Crippen molar-refractivity contribution in [1.82, 2.24) is 4.98 Å². The number of rotatable bonds is 3. The van der Waals surface area contributed by atoms with Crippen molar-refractivity contribution in [3.8, 4) is 0 Å². The number of aromatic nitrogens is 1. The van der Waals surface area contributed by atoms with Crippen molar-refractivity contribution in [1.29, 1.82) is 0 Å². The van der Waals surface area contributed by atoms with E-state index in [9.17, 15) is 4.91 Å². The highest BCUT2D eigenvalue weighted by atomic mass is 79.9. The van der Waals surface area contributed by atoms with Crippen molar-refractivity contribution >= 4 is 27.4 Å². The second kappa shape index (κ2) is 5.86. The van der Waals surface area contributed by atoms with Crippen LogP contribution in [0.3, 0.4) is 0 Å². The van der Waals surface area contributed by atoms with E-state index in [1.807, 2.05) is 0 Å². The molecule has 0 spiro atoms. The Labute approximate surface area is 121 Å². The molecule has 0 saturated carbocycles. The first-order valence-electron chi connectivity index (χ1n) is 6.43. The number of pyridine rings is 1. The predicted molar refractivity (Wildman–Crippen MR) is 77.4 cm³/mol. The van der Waals surface area contributed by atoms with Gasteiger partial charge in [0.15, 0.2) is 7.11 Å². The molecule has 0 aromatic carbocycles. The highest BCUT2D eigenvalue weighted by molar-refractivity contribution is 9.10. The van der Waals surface area contributed by atoms with E-state index in [4.69, 9.17) is 0 Å². The van der Waals surface area contributed by atoms with Gasteiger partial charge < -0.3 is 4.90 Å². The number of hydrogen-bond acceptors (Lipinski definition) is 4. The third kappa shape index (κ3) is 3.43. The predicted octanol–water partition coefficient (Wildman–Crippen LogP) is 3.30. The van der Waals surface area contributed by atoms with Crippen LogP contribution in [0.5, 0.6) is 0 Å². The third-order valence-electron chi connectivity index (χ3n) is 3.33. The van der Waals surface area contributed by atoms with E-state index in [0.717, 1.165) is 18.9 Å². The van der Waals surface area contributed by atoms with Gasteiger partial charge in [0.1, 0.15) is 10.4 Å². The molecule has 19 heavy (non-hydrogen) atoms. The van der Waals surface area contributed by atoms with Crippen LogP contribution in [-0.4, -0.2) is 30.1 Å². The summed E-state index contributed by atoms with van der Waals surface area (Å²) in [5, 5.41) is 0. The molecule has 1 aromatic heterocycles. The lowest BCUT2D eigenvalue weighted by molar-refractivity contribution is -0.736. The summed E-state index contributed by atoms with van der Waals surface area (Å²) in [6.45, 7) is 6.44. The zero-order chi connectivity index (χ0) is 14.0. The Balaban J connectivity index is 2.28. The van der Waals surface area contributed by atoms with Crippen LogP contribution in [0.4, 0.5) is 11.5 Å². The molecule has 0 bridgehead atoms. The SMILES string of the molecule is CO[N+](=O)c1cc(Br)nc(N2C[C@H](C)C[C@H](C)C2)c1. The molecular formula is C13H19BrN3O2+. The zero-order valence-electron chi connectivity index (χ0n) is 11.5. The molecule has 1 saturated heterocycles. The van der Waals surface area contributed by atoms with E-state index in [-0.39, 0.29) is 0 Å². The minimum atomic E-state index is 0.449. The Morgan fingerprint density at radius 1 is 1.37 bits per heavy atom. The molecule has 1 fully saturated rings. The second-order valence-corrected chi connectivity index (χ2v) is 6.11. The first kappa shape index (κ1) is 14.2. The van der Waals surface area contributed by atoms with Crippen LogP contribution in [0, 0.1) is 16.7 Å². The number of halogens is 1. The van der Waals surface area contributed by atoms with E-state index >= 15 is 0 Å². The fourth-order valence-electron chi connectivity index (χ4n) is 2.69. The number of piperidine rings is 1. The molecule has 0 N–H and O–H groups in total. The number of anilines is 1. The fourth-order valence-corrected chi connectivity index (χ4v) is 3.11. The molecule has 0 aliphatic carbocycles. The average Bonchev–Trinajstić information content (AvgIpc) is 2.36. The lowest BCUT2D eigenvalue weighted by Crippen LogP contribution is -2.39. The Hall–Kier alpha value is -1.17. The molecule has 1 aromatic rings. The van der Waals surface area contributed by atoms with Crippen molar-refractivity contribution < 1.29 is 9.76 Å². The van der Waals surface area contributed by atoms with E-state index < -0.39 is 0 Å². The molecule has 6 heteroatoms. The summed E-state index contributed by atoms with van der Waals surface area (Å²) in [6.07, 6.45) is 1.24. The molecule has 1 aliphatic rings. The highest BCUT2D eigenvalue weighted by Gasteiger charge is 2.25. The quantitative estimate of drug-likeness (QED) is 0.630. The van der Waals surface area contributed by atoms with Crippen molar-refractivity contribution in [3.05, 3.63) is 21.6 Å². The summed E-state index contributed by atoms with van der Waals surface area (Å²) < 4.78 is 0.642. The van der Waals surface area contributed by atoms with Gasteiger partial charge in [-0.15, -0.1) is 0 Å². The van der Waals surface area contributed by atoms with Crippen LogP contribution in [0.2, 0.25) is 0 Å².